The number of alkyl halides is 5. The van der Waals surface area contributed by atoms with Crippen molar-refractivity contribution >= 4 is 11.9 Å². The van der Waals surface area contributed by atoms with Crippen molar-refractivity contribution in [3.63, 3.8) is 0 Å². The smallest absolute Gasteiger partial charge is 0.463 e. The number of piperidine rings is 1. The third-order valence-corrected chi connectivity index (χ3v) is 3.07. The highest BCUT2D eigenvalue weighted by Crippen LogP contribution is 2.38. The third-order valence-electron chi connectivity index (χ3n) is 3.07. The molecule has 19 heavy (non-hydrogen) atoms. The highest BCUT2D eigenvalue weighted by Gasteiger charge is 2.65. The Bertz CT molecular complexity index is 382. The van der Waals surface area contributed by atoms with Gasteiger partial charge in [0.2, 0.25) is 0 Å². The van der Waals surface area contributed by atoms with E-state index in [1.54, 1.807) is 0 Å². The summed E-state index contributed by atoms with van der Waals surface area (Å²) in [6.45, 7) is 0.968. The van der Waals surface area contributed by atoms with Crippen LogP contribution >= 0.6 is 0 Å². The van der Waals surface area contributed by atoms with E-state index in [2.05, 4.69) is 0 Å². The van der Waals surface area contributed by atoms with Crippen LogP contribution in [0.3, 0.4) is 0 Å². The van der Waals surface area contributed by atoms with Gasteiger partial charge < -0.3 is 10.0 Å². The Kier molecular flexibility index (Phi) is 4.06. The molecule has 0 aromatic heterocycles. The van der Waals surface area contributed by atoms with Crippen LogP contribution in [0.4, 0.5) is 22.0 Å². The van der Waals surface area contributed by atoms with Gasteiger partial charge in [-0.1, -0.05) is 6.92 Å². The highest BCUT2D eigenvalue weighted by atomic mass is 19.4. The number of carbonyl (C=O) groups is 2. The van der Waals surface area contributed by atoms with Gasteiger partial charge in [0.25, 0.3) is 0 Å². The first-order valence-corrected chi connectivity index (χ1v) is 5.48. The summed E-state index contributed by atoms with van der Waals surface area (Å²) >= 11 is 0. The number of amides is 1. The summed E-state index contributed by atoms with van der Waals surface area (Å²) in [6, 6.07) is -1.66. The lowest BCUT2D eigenvalue weighted by Gasteiger charge is -2.38. The zero-order valence-corrected chi connectivity index (χ0v) is 9.88. The Balaban J connectivity index is 3.06. The van der Waals surface area contributed by atoms with Crippen molar-refractivity contribution in [2.45, 2.75) is 37.9 Å². The number of hydrogen-bond acceptors (Lipinski definition) is 2. The van der Waals surface area contributed by atoms with Crippen molar-refractivity contribution in [3.8, 4) is 0 Å². The quantitative estimate of drug-likeness (QED) is 0.790. The molecule has 1 N–H and O–H groups in total. The maximum atomic E-state index is 13.0. The molecule has 1 aliphatic rings. The van der Waals surface area contributed by atoms with Gasteiger partial charge >= 0.3 is 24.0 Å². The van der Waals surface area contributed by atoms with E-state index < -0.39 is 42.5 Å². The summed E-state index contributed by atoms with van der Waals surface area (Å²) in [7, 11) is 0. The second-order valence-electron chi connectivity index (χ2n) is 4.47. The monoisotopic (exact) mass is 289 g/mol. The predicted molar refractivity (Wildman–Crippen MR) is 52.5 cm³/mol. The Morgan fingerprint density at radius 2 is 1.74 bits per heavy atom. The van der Waals surface area contributed by atoms with Gasteiger partial charge in [-0.3, -0.25) is 4.79 Å². The van der Waals surface area contributed by atoms with Crippen LogP contribution in [0.1, 0.15) is 19.8 Å². The summed E-state index contributed by atoms with van der Waals surface area (Å²) in [5.41, 5.74) is 0. The van der Waals surface area contributed by atoms with E-state index in [9.17, 15) is 31.5 Å². The molecular formula is C10H12F5NO3. The Morgan fingerprint density at radius 3 is 2.16 bits per heavy atom. The van der Waals surface area contributed by atoms with Crippen LogP contribution in [0.2, 0.25) is 0 Å². The molecule has 9 heteroatoms. The summed E-state index contributed by atoms with van der Waals surface area (Å²) in [4.78, 5) is 22.4. The fourth-order valence-electron chi connectivity index (χ4n) is 2.09. The topological polar surface area (TPSA) is 57.6 Å². The SMILES string of the molecule is CC1CCCN(C(=O)C(F)(F)C(F)(F)F)C1C(=O)O. The van der Waals surface area contributed by atoms with Gasteiger partial charge in [0.1, 0.15) is 6.04 Å². The number of nitrogens with zero attached hydrogens (tertiary/aromatic N) is 1. The van der Waals surface area contributed by atoms with Crippen LogP contribution in [0, 0.1) is 5.92 Å². The van der Waals surface area contributed by atoms with Gasteiger partial charge in [0.15, 0.2) is 0 Å². The normalized spacial score (nSPS) is 25.3. The predicted octanol–water partition coefficient (Wildman–Crippen LogP) is 1.90. The Labute approximate surface area is 105 Å². The maximum absolute atomic E-state index is 13.0. The minimum Gasteiger partial charge on any atom is -0.480 e. The number of carboxylic acid groups (broad SMARTS) is 1. The maximum Gasteiger partial charge on any atom is 0.463 e. The third kappa shape index (κ3) is 2.79. The van der Waals surface area contributed by atoms with Crippen molar-refractivity contribution in [2.75, 3.05) is 6.54 Å². The Morgan fingerprint density at radius 1 is 1.21 bits per heavy atom. The lowest BCUT2D eigenvalue weighted by atomic mass is 9.90. The number of aliphatic carboxylic acids is 1. The average molecular weight is 289 g/mol. The molecule has 0 aromatic carbocycles. The first kappa shape index (κ1) is 15.6. The number of hydrogen-bond donors (Lipinski definition) is 1. The second-order valence-corrected chi connectivity index (χ2v) is 4.47. The van der Waals surface area contributed by atoms with Crippen LogP contribution in [0.5, 0.6) is 0 Å². The van der Waals surface area contributed by atoms with E-state index in [1.165, 1.54) is 6.92 Å². The fourth-order valence-corrected chi connectivity index (χ4v) is 2.09. The molecule has 1 fully saturated rings. The van der Waals surface area contributed by atoms with Crippen LogP contribution in [-0.4, -0.2) is 46.6 Å². The zero-order valence-electron chi connectivity index (χ0n) is 9.88. The number of halogens is 5. The van der Waals surface area contributed by atoms with Crippen LogP contribution in [0.25, 0.3) is 0 Å². The lowest BCUT2D eigenvalue weighted by Crippen LogP contribution is -2.59. The minimum absolute atomic E-state index is 0.115. The number of carbonyl (C=O) groups excluding carboxylic acids is 1. The van der Waals surface area contributed by atoms with Crippen molar-refractivity contribution in [3.05, 3.63) is 0 Å². The van der Waals surface area contributed by atoms with Gasteiger partial charge in [-0.05, 0) is 18.8 Å². The van der Waals surface area contributed by atoms with Gasteiger partial charge in [0.05, 0.1) is 0 Å². The molecule has 1 heterocycles. The molecule has 0 aliphatic carbocycles. The fraction of sp³-hybridized carbons (Fsp3) is 0.800. The number of likely N-dealkylation sites (tertiary alicyclic amines) is 1. The van der Waals surface area contributed by atoms with E-state index in [-0.39, 0.29) is 11.3 Å². The zero-order chi connectivity index (χ0) is 15.0. The number of carboxylic acids is 1. The van der Waals surface area contributed by atoms with E-state index in [4.69, 9.17) is 5.11 Å². The molecule has 4 nitrogen and oxygen atoms in total. The molecule has 0 bridgehead atoms. The van der Waals surface area contributed by atoms with E-state index in [1.807, 2.05) is 0 Å². The van der Waals surface area contributed by atoms with E-state index in [0.29, 0.717) is 6.42 Å². The average Bonchev–Trinajstić information content (AvgIpc) is 2.25. The standard InChI is InChI=1S/C10H12F5NO3/c1-5-3-2-4-16(6(5)7(17)18)8(19)9(11,12)10(13,14)15/h5-6H,2-4H2,1H3,(H,17,18). The molecule has 1 aliphatic heterocycles. The Hall–Kier alpha value is -1.41. The molecule has 0 saturated carbocycles. The summed E-state index contributed by atoms with van der Waals surface area (Å²) in [5, 5.41) is 8.88. The van der Waals surface area contributed by atoms with Crippen molar-refractivity contribution in [2.24, 2.45) is 5.92 Å². The van der Waals surface area contributed by atoms with Gasteiger partial charge in [-0.15, -0.1) is 0 Å². The molecule has 0 spiro atoms. The van der Waals surface area contributed by atoms with Crippen molar-refractivity contribution < 1.29 is 36.6 Å². The minimum atomic E-state index is -6.03. The lowest BCUT2D eigenvalue weighted by molar-refractivity contribution is -0.276. The first-order valence-electron chi connectivity index (χ1n) is 5.48. The number of rotatable bonds is 2. The molecule has 1 saturated heterocycles. The molecule has 0 radical (unpaired) electrons. The van der Waals surface area contributed by atoms with Crippen LogP contribution in [0.15, 0.2) is 0 Å². The van der Waals surface area contributed by atoms with Crippen LogP contribution in [-0.2, 0) is 9.59 Å². The van der Waals surface area contributed by atoms with E-state index >= 15 is 0 Å². The van der Waals surface area contributed by atoms with E-state index in [0.717, 1.165) is 0 Å². The molecule has 1 amide bonds. The second kappa shape index (κ2) is 4.93. The first-order chi connectivity index (χ1) is 8.50. The van der Waals surface area contributed by atoms with Crippen molar-refractivity contribution in [1.82, 2.24) is 4.90 Å². The molecule has 1 rings (SSSR count). The van der Waals surface area contributed by atoms with Gasteiger partial charge in [-0.2, -0.15) is 22.0 Å². The van der Waals surface area contributed by atoms with Gasteiger partial charge in [-0.25, -0.2) is 4.79 Å². The largest absolute Gasteiger partial charge is 0.480 e. The van der Waals surface area contributed by atoms with Crippen molar-refractivity contribution in [1.29, 1.82) is 0 Å². The molecular weight excluding hydrogens is 277 g/mol. The molecule has 0 aromatic rings. The van der Waals surface area contributed by atoms with Crippen LogP contribution < -0.4 is 0 Å². The summed E-state index contributed by atoms with van der Waals surface area (Å²) < 4.78 is 62.3. The highest BCUT2D eigenvalue weighted by molar-refractivity contribution is 5.89. The molecule has 110 valence electrons. The molecule has 2 atom stereocenters. The summed E-state index contributed by atoms with van der Waals surface area (Å²) in [6.07, 6.45) is -5.50. The van der Waals surface area contributed by atoms with Gasteiger partial charge in [0, 0.05) is 6.54 Å². The molecule has 2 unspecified atom stereocenters. The summed E-state index contributed by atoms with van der Waals surface area (Å²) in [5.74, 6) is -10.3.